The number of phenolic OH excluding ortho intramolecular Hbond substituents is 1. The standard InChI is InChI=1S/C18H23NO4/c1-18(2,3)12-9-15-14(10-13(12)20)22-11-16(23-15)17(21)19-7-5-4-6-8-19/h9-11,20H,4-8H2,1-3H3. The molecule has 2 heterocycles. The first-order valence-electron chi connectivity index (χ1n) is 8.08. The van der Waals surface area contributed by atoms with Gasteiger partial charge in [0.2, 0.25) is 5.76 Å². The Labute approximate surface area is 136 Å². The third kappa shape index (κ3) is 3.14. The highest BCUT2D eigenvalue weighted by molar-refractivity contribution is 5.92. The molecule has 0 aliphatic carbocycles. The lowest BCUT2D eigenvalue weighted by molar-refractivity contribution is -0.130. The molecule has 124 valence electrons. The molecule has 1 aromatic carbocycles. The molecule has 2 aliphatic rings. The molecule has 23 heavy (non-hydrogen) atoms. The fourth-order valence-corrected chi connectivity index (χ4v) is 2.93. The van der Waals surface area contributed by atoms with Gasteiger partial charge in [0.05, 0.1) is 0 Å². The number of carbonyl (C=O) groups excluding carboxylic acids is 1. The molecule has 1 saturated heterocycles. The number of hydrogen-bond acceptors (Lipinski definition) is 4. The van der Waals surface area contributed by atoms with Gasteiger partial charge in [-0.25, -0.2) is 0 Å². The second-order valence-corrected chi connectivity index (χ2v) is 7.12. The van der Waals surface area contributed by atoms with Crippen LogP contribution in [0.15, 0.2) is 24.2 Å². The number of hydrogen-bond donors (Lipinski definition) is 1. The van der Waals surface area contributed by atoms with E-state index < -0.39 is 0 Å². The minimum atomic E-state index is -0.235. The molecule has 0 bridgehead atoms. The van der Waals surface area contributed by atoms with Gasteiger partial charge in [-0.05, 0) is 30.7 Å². The summed E-state index contributed by atoms with van der Waals surface area (Å²) >= 11 is 0. The number of amides is 1. The van der Waals surface area contributed by atoms with Crippen LogP contribution in [0.25, 0.3) is 0 Å². The summed E-state index contributed by atoms with van der Waals surface area (Å²) in [5.41, 5.74) is 0.521. The van der Waals surface area contributed by atoms with Crippen LogP contribution in [0.1, 0.15) is 45.6 Å². The quantitative estimate of drug-likeness (QED) is 0.863. The van der Waals surface area contributed by atoms with E-state index in [-0.39, 0.29) is 22.8 Å². The van der Waals surface area contributed by atoms with Crippen LogP contribution in [0.2, 0.25) is 0 Å². The summed E-state index contributed by atoms with van der Waals surface area (Å²) < 4.78 is 11.3. The van der Waals surface area contributed by atoms with Crippen molar-refractivity contribution in [2.75, 3.05) is 13.1 Å². The van der Waals surface area contributed by atoms with Gasteiger partial charge in [0.1, 0.15) is 12.0 Å². The number of phenols is 1. The van der Waals surface area contributed by atoms with Crippen LogP contribution in [-0.4, -0.2) is 29.0 Å². The molecule has 5 nitrogen and oxygen atoms in total. The van der Waals surface area contributed by atoms with Gasteiger partial charge in [-0.1, -0.05) is 20.8 Å². The Bertz CT molecular complexity index is 652. The van der Waals surface area contributed by atoms with Gasteiger partial charge in [-0.15, -0.1) is 0 Å². The second kappa shape index (κ2) is 5.80. The Balaban J connectivity index is 1.84. The van der Waals surface area contributed by atoms with E-state index in [1.54, 1.807) is 11.0 Å². The number of piperidine rings is 1. The Morgan fingerprint density at radius 3 is 2.48 bits per heavy atom. The molecule has 0 unspecified atom stereocenters. The number of aromatic hydroxyl groups is 1. The van der Waals surface area contributed by atoms with Gasteiger partial charge in [0, 0.05) is 24.7 Å². The van der Waals surface area contributed by atoms with Gasteiger partial charge in [-0.3, -0.25) is 4.79 Å². The molecule has 0 aromatic heterocycles. The summed E-state index contributed by atoms with van der Waals surface area (Å²) in [6.07, 6.45) is 4.55. The van der Waals surface area contributed by atoms with Crippen molar-refractivity contribution < 1.29 is 19.4 Å². The summed E-state index contributed by atoms with van der Waals surface area (Å²) in [7, 11) is 0. The van der Waals surface area contributed by atoms with Gasteiger partial charge in [0.25, 0.3) is 5.91 Å². The molecule has 0 spiro atoms. The average Bonchev–Trinajstić information content (AvgIpc) is 2.53. The zero-order valence-corrected chi connectivity index (χ0v) is 13.9. The molecular weight excluding hydrogens is 294 g/mol. The number of carbonyl (C=O) groups is 1. The second-order valence-electron chi connectivity index (χ2n) is 7.12. The summed E-state index contributed by atoms with van der Waals surface area (Å²) in [5, 5.41) is 10.1. The maximum absolute atomic E-state index is 12.5. The Hall–Kier alpha value is -2.17. The average molecular weight is 317 g/mol. The van der Waals surface area contributed by atoms with Crippen LogP contribution in [-0.2, 0) is 10.2 Å². The number of likely N-dealkylation sites (tertiary alicyclic amines) is 1. The Kier molecular flexibility index (Phi) is 3.96. The number of ether oxygens (including phenoxy) is 2. The van der Waals surface area contributed by atoms with E-state index in [9.17, 15) is 9.90 Å². The molecule has 5 heteroatoms. The lowest BCUT2D eigenvalue weighted by atomic mass is 9.86. The van der Waals surface area contributed by atoms with Crippen molar-refractivity contribution in [1.29, 1.82) is 0 Å². The van der Waals surface area contributed by atoms with Crippen LogP contribution in [0.3, 0.4) is 0 Å². The van der Waals surface area contributed by atoms with E-state index in [1.807, 2.05) is 20.8 Å². The molecular formula is C18H23NO4. The molecule has 2 aliphatic heterocycles. The van der Waals surface area contributed by atoms with Crippen molar-refractivity contribution in [1.82, 2.24) is 4.90 Å². The normalized spacial score (nSPS) is 17.7. The maximum atomic E-state index is 12.5. The van der Waals surface area contributed by atoms with Crippen LogP contribution in [0.5, 0.6) is 17.2 Å². The predicted octanol–water partition coefficient (Wildman–Crippen LogP) is 3.31. The van der Waals surface area contributed by atoms with Crippen molar-refractivity contribution in [2.45, 2.75) is 45.4 Å². The number of nitrogens with zero attached hydrogens (tertiary/aromatic N) is 1. The minimum Gasteiger partial charge on any atom is -0.508 e. The van der Waals surface area contributed by atoms with Gasteiger partial charge >= 0.3 is 0 Å². The van der Waals surface area contributed by atoms with Crippen molar-refractivity contribution in [3.8, 4) is 17.2 Å². The number of rotatable bonds is 1. The molecule has 3 rings (SSSR count). The van der Waals surface area contributed by atoms with E-state index in [2.05, 4.69) is 0 Å². The number of fused-ring (bicyclic) bond motifs is 1. The fourth-order valence-electron chi connectivity index (χ4n) is 2.93. The Morgan fingerprint density at radius 2 is 1.83 bits per heavy atom. The lowest BCUT2D eigenvalue weighted by Gasteiger charge is -2.29. The van der Waals surface area contributed by atoms with E-state index >= 15 is 0 Å². The molecule has 0 atom stereocenters. The van der Waals surface area contributed by atoms with Crippen LogP contribution in [0, 0.1) is 0 Å². The Morgan fingerprint density at radius 1 is 1.13 bits per heavy atom. The SMILES string of the molecule is CC(C)(C)c1cc2c(cc1O)OC=C(C(=O)N1CCCCC1)O2. The first kappa shape index (κ1) is 15.7. The third-order valence-corrected chi connectivity index (χ3v) is 4.24. The van der Waals surface area contributed by atoms with Gasteiger partial charge in [0.15, 0.2) is 11.5 Å². The van der Waals surface area contributed by atoms with Crippen molar-refractivity contribution in [3.05, 3.63) is 29.7 Å². The van der Waals surface area contributed by atoms with Gasteiger partial charge < -0.3 is 19.5 Å². The minimum absolute atomic E-state index is 0.138. The molecule has 0 saturated carbocycles. The lowest BCUT2D eigenvalue weighted by Crippen LogP contribution is -2.38. The van der Waals surface area contributed by atoms with E-state index in [0.29, 0.717) is 11.5 Å². The first-order valence-corrected chi connectivity index (χ1v) is 8.08. The first-order chi connectivity index (χ1) is 10.9. The third-order valence-electron chi connectivity index (χ3n) is 4.24. The van der Waals surface area contributed by atoms with E-state index in [0.717, 1.165) is 37.9 Å². The largest absolute Gasteiger partial charge is 0.508 e. The summed E-state index contributed by atoms with van der Waals surface area (Å²) in [6, 6.07) is 3.29. The smallest absolute Gasteiger partial charge is 0.292 e. The van der Waals surface area contributed by atoms with Crippen molar-refractivity contribution >= 4 is 5.91 Å². The number of benzene rings is 1. The van der Waals surface area contributed by atoms with E-state index in [4.69, 9.17) is 9.47 Å². The molecule has 1 fully saturated rings. The zero-order chi connectivity index (χ0) is 16.6. The molecule has 1 aromatic rings. The predicted molar refractivity (Wildman–Crippen MR) is 86.6 cm³/mol. The van der Waals surface area contributed by atoms with Crippen LogP contribution >= 0.6 is 0 Å². The highest BCUT2D eigenvalue weighted by atomic mass is 16.6. The summed E-state index contributed by atoms with van der Waals surface area (Å²) in [6.45, 7) is 7.54. The van der Waals surface area contributed by atoms with Crippen LogP contribution < -0.4 is 9.47 Å². The highest BCUT2D eigenvalue weighted by Crippen LogP contribution is 2.42. The maximum Gasteiger partial charge on any atom is 0.292 e. The van der Waals surface area contributed by atoms with Crippen LogP contribution in [0.4, 0.5) is 0 Å². The van der Waals surface area contributed by atoms with Crippen molar-refractivity contribution in [2.24, 2.45) is 0 Å². The highest BCUT2D eigenvalue weighted by Gasteiger charge is 2.28. The van der Waals surface area contributed by atoms with E-state index in [1.165, 1.54) is 12.3 Å². The summed E-state index contributed by atoms with van der Waals surface area (Å²) in [4.78, 5) is 14.3. The summed E-state index contributed by atoms with van der Waals surface area (Å²) in [5.74, 6) is 1.12. The molecule has 0 radical (unpaired) electrons. The van der Waals surface area contributed by atoms with Crippen molar-refractivity contribution in [3.63, 3.8) is 0 Å². The molecule has 1 N–H and O–H groups in total. The monoisotopic (exact) mass is 317 g/mol. The van der Waals surface area contributed by atoms with Gasteiger partial charge in [-0.2, -0.15) is 0 Å². The zero-order valence-electron chi connectivity index (χ0n) is 13.9. The molecule has 1 amide bonds. The fraction of sp³-hybridized carbons (Fsp3) is 0.500. The topological polar surface area (TPSA) is 59.0 Å².